The first-order chi connectivity index (χ1) is 10.2. The lowest BCUT2D eigenvalue weighted by atomic mass is 9.89. The lowest BCUT2D eigenvalue weighted by molar-refractivity contribution is 0.0338. The largest absolute Gasteiger partial charge is 0.496 e. The summed E-state index contributed by atoms with van der Waals surface area (Å²) in [4.78, 5) is 2.44. The first kappa shape index (κ1) is 14.8. The van der Waals surface area contributed by atoms with Crippen molar-refractivity contribution in [1.82, 2.24) is 10.2 Å². The number of rotatable bonds is 4. The third-order valence-corrected chi connectivity index (χ3v) is 4.78. The van der Waals surface area contributed by atoms with Crippen LogP contribution in [0.15, 0.2) is 18.2 Å². The molecule has 0 amide bonds. The number of methoxy groups -OCH3 is 1. The normalized spacial score (nSPS) is 27.0. The average Bonchev–Trinajstić information content (AvgIpc) is 2.96. The monoisotopic (exact) mass is 290 g/mol. The maximum absolute atomic E-state index is 5.56. The molecule has 4 heteroatoms. The molecule has 2 saturated heterocycles. The maximum atomic E-state index is 5.56. The van der Waals surface area contributed by atoms with Gasteiger partial charge in [-0.3, -0.25) is 4.90 Å². The molecule has 0 aromatic heterocycles. The summed E-state index contributed by atoms with van der Waals surface area (Å²) in [5, 5.41) is 3.64. The van der Waals surface area contributed by atoms with E-state index < -0.39 is 0 Å². The second-order valence-corrected chi connectivity index (χ2v) is 6.28. The molecule has 0 saturated carbocycles. The fourth-order valence-corrected chi connectivity index (χ4v) is 3.39. The molecule has 1 N–H and O–H groups in total. The van der Waals surface area contributed by atoms with E-state index in [1.807, 2.05) is 0 Å². The molecular formula is C17H26N2O2. The van der Waals surface area contributed by atoms with Gasteiger partial charge in [-0.1, -0.05) is 6.07 Å². The van der Waals surface area contributed by atoms with Crippen LogP contribution >= 0.6 is 0 Å². The van der Waals surface area contributed by atoms with Gasteiger partial charge in [0.1, 0.15) is 5.75 Å². The number of nitrogens with one attached hydrogen (secondary N) is 1. The molecule has 0 bridgehead atoms. The van der Waals surface area contributed by atoms with Crippen molar-refractivity contribution in [2.24, 2.45) is 0 Å². The number of nitrogens with zero attached hydrogens (tertiary/aromatic N) is 1. The highest BCUT2D eigenvalue weighted by Crippen LogP contribution is 2.33. The minimum atomic E-state index is 0.117. The Balaban J connectivity index is 1.82. The molecular weight excluding hydrogens is 264 g/mol. The molecule has 4 nitrogen and oxygen atoms in total. The first-order valence-electron chi connectivity index (χ1n) is 7.94. The van der Waals surface area contributed by atoms with E-state index in [1.165, 1.54) is 24.0 Å². The number of hydrogen-bond donors (Lipinski definition) is 1. The van der Waals surface area contributed by atoms with Crippen LogP contribution in [-0.2, 0) is 16.8 Å². The van der Waals surface area contributed by atoms with Gasteiger partial charge in [-0.15, -0.1) is 0 Å². The molecule has 0 aliphatic carbocycles. The van der Waals surface area contributed by atoms with E-state index >= 15 is 0 Å². The third kappa shape index (κ3) is 3.23. The van der Waals surface area contributed by atoms with Crippen LogP contribution in [0.1, 0.15) is 30.9 Å². The van der Waals surface area contributed by atoms with Gasteiger partial charge in [-0.25, -0.2) is 0 Å². The fourth-order valence-electron chi connectivity index (χ4n) is 3.39. The molecule has 1 aromatic carbocycles. The summed E-state index contributed by atoms with van der Waals surface area (Å²) >= 11 is 0. The number of hydrogen-bond acceptors (Lipinski definition) is 4. The zero-order chi connectivity index (χ0) is 14.7. The zero-order valence-electron chi connectivity index (χ0n) is 13.2. The second-order valence-electron chi connectivity index (χ2n) is 6.28. The van der Waals surface area contributed by atoms with Crippen LogP contribution in [0.5, 0.6) is 5.75 Å². The Labute approximate surface area is 127 Å². The van der Waals surface area contributed by atoms with Gasteiger partial charge in [-0.2, -0.15) is 0 Å². The van der Waals surface area contributed by atoms with E-state index in [0.29, 0.717) is 0 Å². The summed E-state index contributed by atoms with van der Waals surface area (Å²) in [6, 6.07) is 6.66. The minimum Gasteiger partial charge on any atom is -0.496 e. The molecule has 2 aliphatic heterocycles. The van der Waals surface area contributed by atoms with E-state index in [4.69, 9.17) is 9.47 Å². The SMILES string of the molecule is COc1ccc(C2(C)CCCN2)cc1CN1CCOCC1. The van der Waals surface area contributed by atoms with Crippen molar-refractivity contribution in [3.05, 3.63) is 29.3 Å². The van der Waals surface area contributed by atoms with E-state index in [2.05, 4.69) is 35.3 Å². The average molecular weight is 290 g/mol. The molecule has 1 aromatic rings. The van der Waals surface area contributed by atoms with E-state index in [-0.39, 0.29) is 5.54 Å². The quantitative estimate of drug-likeness (QED) is 0.921. The van der Waals surface area contributed by atoms with Crippen LogP contribution in [0.3, 0.4) is 0 Å². The van der Waals surface area contributed by atoms with Crippen molar-refractivity contribution < 1.29 is 9.47 Å². The van der Waals surface area contributed by atoms with Gasteiger partial charge in [0.05, 0.1) is 20.3 Å². The standard InChI is InChI=1S/C17H26N2O2/c1-17(6-3-7-18-17)15-4-5-16(20-2)14(12-15)13-19-8-10-21-11-9-19/h4-5,12,18H,3,6-11,13H2,1-2H3. The summed E-state index contributed by atoms with van der Waals surface area (Å²) < 4.78 is 11.0. The Morgan fingerprint density at radius 3 is 2.81 bits per heavy atom. The van der Waals surface area contributed by atoms with Crippen molar-refractivity contribution >= 4 is 0 Å². The van der Waals surface area contributed by atoms with Crippen LogP contribution in [0.2, 0.25) is 0 Å². The number of ether oxygens (including phenoxy) is 2. The van der Waals surface area contributed by atoms with Gasteiger partial charge >= 0.3 is 0 Å². The molecule has 0 spiro atoms. The smallest absolute Gasteiger partial charge is 0.123 e. The van der Waals surface area contributed by atoms with Crippen molar-refractivity contribution in [3.8, 4) is 5.75 Å². The predicted octanol–water partition coefficient (Wildman–Crippen LogP) is 2.13. The number of benzene rings is 1. The Bertz CT molecular complexity index is 478. The first-order valence-corrected chi connectivity index (χ1v) is 7.94. The molecule has 2 fully saturated rings. The third-order valence-electron chi connectivity index (χ3n) is 4.78. The van der Waals surface area contributed by atoms with Crippen LogP contribution in [-0.4, -0.2) is 44.9 Å². The maximum Gasteiger partial charge on any atom is 0.123 e. The molecule has 21 heavy (non-hydrogen) atoms. The summed E-state index contributed by atoms with van der Waals surface area (Å²) in [5.74, 6) is 0.992. The molecule has 3 rings (SSSR count). The van der Waals surface area contributed by atoms with Gasteiger partial charge in [-0.05, 0) is 44.0 Å². The van der Waals surface area contributed by atoms with Gasteiger partial charge in [0.2, 0.25) is 0 Å². The highest BCUT2D eigenvalue weighted by molar-refractivity contribution is 5.40. The van der Waals surface area contributed by atoms with Crippen molar-refractivity contribution in [3.63, 3.8) is 0 Å². The molecule has 0 radical (unpaired) electrons. The Hall–Kier alpha value is -1.10. The molecule has 1 unspecified atom stereocenters. The van der Waals surface area contributed by atoms with Crippen LogP contribution < -0.4 is 10.1 Å². The molecule has 1 atom stereocenters. The Morgan fingerprint density at radius 2 is 2.14 bits per heavy atom. The van der Waals surface area contributed by atoms with Crippen molar-refractivity contribution in [2.45, 2.75) is 31.8 Å². The lowest BCUT2D eigenvalue weighted by Gasteiger charge is -2.29. The zero-order valence-corrected chi connectivity index (χ0v) is 13.2. The van der Waals surface area contributed by atoms with Crippen LogP contribution in [0.25, 0.3) is 0 Å². The summed E-state index contributed by atoms with van der Waals surface area (Å²) in [6.45, 7) is 8.03. The van der Waals surface area contributed by atoms with Gasteiger partial charge in [0.25, 0.3) is 0 Å². The van der Waals surface area contributed by atoms with Crippen LogP contribution in [0.4, 0.5) is 0 Å². The van der Waals surface area contributed by atoms with Crippen molar-refractivity contribution in [1.29, 1.82) is 0 Å². The molecule has 2 aliphatic rings. The van der Waals surface area contributed by atoms with E-state index in [1.54, 1.807) is 7.11 Å². The van der Waals surface area contributed by atoms with Crippen molar-refractivity contribution in [2.75, 3.05) is 40.0 Å². The summed E-state index contributed by atoms with van der Waals surface area (Å²) in [5.41, 5.74) is 2.78. The lowest BCUT2D eigenvalue weighted by Crippen LogP contribution is -2.36. The Morgan fingerprint density at radius 1 is 1.33 bits per heavy atom. The predicted molar refractivity (Wildman–Crippen MR) is 83.7 cm³/mol. The highest BCUT2D eigenvalue weighted by atomic mass is 16.5. The van der Waals surface area contributed by atoms with Gasteiger partial charge in [0.15, 0.2) is 0 Å². The fraction of sp³-hybridized carbons (Fsp3) is 0.647. The summed E-state index contributed by atoms with van der Waals surface area (Å²) in [6.07, 6.45) is 2.46. The van der Waals surface area contributed by atoms with Gasteiger partial charge in [0, 0.05) is 30.7 Å². The highest BCUT2D eigenvalue weighted by Gasteiger charge is 2.30. The van der Waals surface area contributed by atoms with E-state index in [9.17, 15) is 0 Å². The summed E-state index contributed by atoms with van der Waals surface area (Å²) in [7, 11) is 1.76. The van der Waals surface area contributed by atoms with Crippen LogP contribution in [0, 0.1) is 0 Å². The number of morpholine rings is 1. The Kier molecular flexibility index (Phi) is 4.48. The van der Waals surface area contributed by atoms with E-state index in [0.717, 1.165) is 45.1 Å². The molecule has 116 valence electrons. The second kappa shape index (κ2) is 6.34. The van der Waals surface area contributed by atoms with Gasteiger partial charge < -0.3 is 14.8 Å². The molecule has 2 heterocycles. The topological polar surface area (TPSA) is 33.7 Å². The minimum absolute atomic E-state index is 0.117.